The van der Waals surface area contributed by atoms with Gasteiger partial charge in [-0.05, 0) is 123 Å². The Morgan fingerprint density at radius 3 is 1.65 bits per heavy atom. The fraction of sp³-hybridized carbons (Fsp3) is 0.950. The molecule has 15 N–H and O–H groups in total. The molecule has 0 aromatic rings. The van der Waals surface area contributed by atoms with E-state index in [9.17, 15) is 76.6 Å². The molecule has 0 spiro atoms. The Kier molecular flexibility index (Phi) is 19.2. The molecule has 10 rings (SSSR count). The zero-order chi connectivity index (χ0) is 62.9. The van der Waals surface area contributed by atoms with Gasteiger partial charge in [0.2, 0.25) is 6.29 Å². The molecule has 0 amide bonds. The van der Waals surface area contributed by atoms with Crippen LogP contribution in [0.25, 0.3) is 0 Å². The van der Waals surface area contributed by atoms with Crippen molar-refractivity contribution in [2.24, 2.45) is 50.2 Å². The maximum atomic E-state index is 15.3. The van der Waals surface area contributed by atoms with E-state index in [0.717, 1.165) is 25.7 Å². The lowest BCUT2D eigenvalue weighted by Gasteiger charge is -2.71. The molecule has 86 heavy (non-hydrogen) atoms. The molecular weight excluding hydrogens is 1140 g/mol. The van der Waals surface area contributed by atoms with E-state index >= 15 is 4.79 Å². The first-order chi connectivity index (χ1) is 40.2. The average Bonchev–Trinajstić information content (AvgIpc) is 0.769. The summed E-state index contributed by atoms with van der Waals surface area (Å²) < 4.78 is 59.8. The van der Waals surface area contributed by atoms with Gasteiger partial charge in [0.25, 0.3) is 0 Å². The van der Waals surface area contributed by atoms with Crippen LogP contribution in [0.15, 0.2) is 11.6 Å². The first-order valence-electron chi connectivity index (χ1n) is 31.1. The summed E-state index contributed by atoms with van der Waals surface area (Å²) in [6, 6.07) is 0. The summed E-state index contributed by atoms with van der Waals surface area (Å²) in [6.45, 7) is 16.7. The first-order valence-corrected chi connectivity index (χ1v) is 31.1. The number of hydrogen-bond donors (Lipinski definition) is 15. The van der Waals surface area contributed by atoms with Gasteiger partial charge >= 0.3 is 5.97 Å². The normalized spacial score (nSPS) is 54.5. The number of allylic oxidation sites excluding steroid dienone is 2. The number of fused-ring (bicyclic) bond motifs is 7. The van der Waals surface area contributed by atoms with Crippen molar-refractivity contribution in [3.05, 3.63) is 11.6 Å². The summed E-state index contributed by atoms with van der Waals surface area (Å²) >= 11 is 0. The SMILES string of the molecule is CC1OC(OC2C(CO)OC(OCC3OC(OC(=O)C45CCC(C)(C)CC4C4=CCC6C7(C)CCC(OC8OC(CO)C(O)C(O)C8OC8OC(C)C(O)C(O)C8O)C(C)(C)C7CCC6(C)C4(C)CC5)C(O)C(O)C3O)C(O)C2O)C(O)C(O)C1O. The van der Waals surface area contributed by atoms with Gasteiger partial charge in [-0.25, -0.2) is 0 Å². The summed E-state index contributed by atoms with van der Waals surface area (Å²) in [5, 5.41) is 162. The molecule has 5 heterocycles. The van der Waals surface area contributed by atoms with Crippen molar-refractivity contribution in [2.45, 2.75) is 286 Å². The van der Waals surface area contributed by atoms with Crippen LogP contribution in [-0.4, -0.2) is 262 Å². The van der Waals surface area contributed by atoms with E-state index in [1.54, 1.807) is 0 Å². The van der Waals surface area contributed by atoms with Gasteiger partial charge in [0.05, 0.1) is 43.5 Å². The van der Waals surface area contributed by atoms with Gasteiger partial charge in [0.1, 0.15) is 110 Å². The second-order valence-electron chi connectivity index (χ2n) is 29.1. The minimum Gasteiger partial charge on any atom is -0.432 e. The molecule has 0 aromatic carbocycles. The lowest BCUT2D eigenvalue weighted by Crippen LogP contribution is -2.67. The van der Waals surface area contributed by atoms with Gasteiger partial charge in [0.15, 0.2) is 25.2 Å². The quantitative estimate of drug-likeness (QED) is 0.0531. The summed E-state index contributed by atoms with van der Waals surface area (Å²) in [6.07, 6.45) is -30.7. The highest BCUT2D eigenvalue weighted by molar-refractivity contribution is 5.79. The Bertz CT molecular complexity index is 2400. The third-order valence-electron chi connectivity index (χ3n) is 23.4. The average molecular weight is 1240 g/mol. The van der Waals surface area contributed by atoms with Crippen LogP contribution in [-0.2, 0) is 52.2 Å². The molecule has 0 bridgehead atoms. The van der Waals surface area contributed by atoms with Crippen LogP contribution in [0.2, 0.25) is 0 Å². The zero-order valence-corrected chi connectivity index (χ0v) is 50.7. The second kappa shape index (κ2) is 24.6. The van der Waals surface area contributed by atoms with Crippen molar-refractivity contribution in [3.63, 3.8) is 0 Å². The lowest BCUT2D eigenvalue weighted by atomic mass is 9.33. The molecule has 0 radical (unpaired) electrons. The molecule has 9 fully saturated rings. The van der Waals surface area contributed by atoms with Crippen LogP contribution >= 0.6 is 0 Å². The fourth-order valence-electron chi connectivity index (χ4n) is 17.8. The summed E-state index contributed by atoms with van der Waals surface area (Å²) in [5.74, 6) is -0.578. The van der Waals surface area contributed by atoms with Gasteiger partial charge in [0, 0.05) is 0 Å². The Balaban J connectivity index is 0.832. The molecule has 5 aliphatic heterocycles. The van der Waals surface area contributed by atoms with E-state index in [0.29, 0.717) is 38.5 Å². The monoisotopic (exact) mass is 1230 g/mol. The van der Waals surface area contributed by atoms with Crippen LogP contribution in [0, 0.1) is 50.2 Å². The van der Waals surface area contributed by atoms with Crippen molar-refractivity contribution in [1.29, 1.82) is 0 Å². The molecule has 26 nitrogen and oxygen atoms in total. The number of carbonyl (C=O) groups excluding carboxylic acids is 1. The lowest BCUT2D eigenvalue weighted by molar-refractivity contribution is -0.376. The number of hydrogen-bond acceptors (Lipinski definition) is 26. The van der Waals surface area contributed by atoms with Crippen LogP contribution in [0.5, 0.6) is 0 Å². The van der Waals surface area contributed by atoms with Gasteiger partial charge < -0.3 is 124 Å². The number of carbonyl (C=O) groups is 1. The highest BCUT2D eigenvalue weighted by atomic mass is 16.8. The van der Waals surface area contributed by atoms with Crippen LogP contribution in [0.4, 0.5) is 0 Å². The summed E-state index contributed by atoms with van der Waals surface area (Å²) in [5.41, 5.74) is -1.36. The van der Waals surface area contributed by atoms with Crippen molar-refractivity contribution in [2.75, 3.05) is 19.8 Å². The summed E-state index contributed by atoms with van der Waals surface area (Å²) in [4.78, 5) is 15.3. The van der Waals surface area contributed by atoms with E-state index in [1.165, 1.54) is 19.4 Å². The third kappa shape index (κ3) is 11.2. The highest BCUT2D eigenvalue weighted by Crippen LogP contribution is 2.76. The maximum Gasteiger partial charge on any atom is 0.315 e. The molecule has 5 aliphatic carbocycles. The van der Waals surface area contributed by atoms with Crippen LogP contribution in [0.3, 0.4) is 0 Å². The van der Waals surface area contributed by atoms with Gasteiger partial charge in [-0.1, -0.05) is 60.1 Å². The topological polar surface area (TPSA) is 413 Å². The van der Waals surface area contributed by atoms with E-state index in [2.05, 4.69) is 54.5 Å². The number of ether oxygens (including phenoxy) is 10. The second-order valence-corrected chi connectivity index (χ2v) is 29.1. The minimum atomic E-state index is -1.90. The number of aliphatic hydroxyl groups excluding tert-OH is 15. The Morgan fingerprint density at radius 2 is 1.03 bits per heavy atom. The van der Waals surface area contributed by atoms with Crippen LogP contribution in [0.1, 0.15) is 127 Å². The molecule has 5 saturated heterocycles. The van der Waals surface area contributed by atoms with E-state index < -0.39 is 196 Å². The van der Waals surface area contributed by atoms with E-state index in [4.69, 9.17) is 47.4 Å². The number of aliphatic hydroxyl groups is 15. The molecule has 33 atom stereocenters. The van der Waals surface area contributed by atoms with Gasteiger partial charge in [-0.3, -0.25) is 4.79 Å². The smallest absolute Gasteiger partial charge is 0.315 e. The maximum absolute atomic E-state index is 15.3. The van der Waals surface area contributed by atoms with Crippen molar-refractivity contribution < 1.29 is 129 Å². The van der Waals surface area contributed by atoms with Crippen molar-refractivity contribution in [3.8, 4) is 0 Å². The van der Waals surface area contributed by atoms with Gasteiger partial charge in [-0.2, -0.15) is 0 Å². The van der Waals surface area contributed by atoms with Crippen molar-refractivity contribution in [1.82, 2.24) is 0 Å². The van der Waals surface area contributed by atoms with Crippen molar-refractivity contribution >= 4 is 5.97 Å². The largest absolute Gasteiger partial charge is 0.432 e. The number of esters is 1. The standard InChI is InChI=1S/C60H98O26/c1-24-34(63)38(67)43(72)50(78-24)84-47-29(22-62)81-49(46(75)42(47)71)77-23-30-37(66)40(69)45(74)52(82-30)86-54(76)60-18-16-55(3,4)20-27(60)26-10-11-32-57(7)14-13-33(56(5,6)31(57)12-15-59(32,9)58(26,8)17-19-60)83-53-48(41(70)36(65)28(21-61)80-53)85-51-44(73)39(68)35(64)25(2)79-51/h10,24-25,27-53,61-75H,11-23H2,1-9H3. The van der Waals surface area contributed by atoms with E-state index in [1.807, 2.05) is 0 Å². The fourth-order valence-corrected chi connectivity index (χ4v) is 17.8. The highest BCUT2D eigenvalue weighted by Gasteiger charge is 2.70. The molecule has 0 aromatic heterocycles. The first kappa shape index (κ1) is 67.1. The molecule has 33 unspecified atom stereocenters. The predicted molar refractivity (Wildman–Crippen MR) is 293 cm³/mol. The molecule has 494 valence electrons. The molecule has 26 heteroatoms. The molecule has 10 aliphatic rings. The summed E-state index contributed by atoms with van der Waals surface area (Å²) in [7, 11) is 0. The Labute approximate surface area is 501 Å². The Morgan fingerprint density at radius 1 is 0.512 bits per heavy atom. The predicted octanol–water partition coefficient (Wildman–Crippen LogP) is -2.16. The van der Waals surface area contributed by atoms with E-state index in [-0.39, 0.29) is 39.4 Å². The Hall–Kier alpha value is -1.75. The van der Waals surface area contributed by atoms with Gasteiger partial charge in [-0.15, -0.1) is 0 Å². The minimum absolute atomic E-state index is 0.112. The zero-order valence-electron chi connectivity index (χ0n) is 50.7. The molecule has 4 saturated carbocycles. The van der Waals surface area contributed by atoms with Crippen LogP contribution < -0.4 is 0 Å². The number of rotatable bonds is 13. The third-order valence-corrected chi connectivity index (χ3v) is 23.4. The molecular formula is C60H98O26.